The molecule has 0 radical (unpaired) electrons. The maximum absolute atomic E-state index is 13.1. The molecule has 2 N–H and O–H groups in total. The maximum atomic E-state index is 13.1. The Hall–Kier alpha value is -2.70. The average molecular weight is 287 g/mol. The Morgan fingerprint density at radius 1 is 1.24 bits per heavy atom. The van der Waals surface area contributed by atoms with Crippen LogP contribution in [0.2, 0.25) is 0 Å². The van der Waals surface area contributed by atoms with E-state index in [2.05, 4.69) is 9.97 Å². The van der Waals surface area contributed by atoms with E-state index in [1.54, 1.807) is 31.1 Å². The number of halogens is 1. The molecule has 0 fully saturated rings. The van der Waals surface area contributed by atoms with Gasteiger partial charge in [-0.25, -0.2) is 9.37 Å². The minimum absolute atomic E-state index is 0.134. The van der Waals surface area contributed by atoms with Crippen molar-refractivity contribution in [2.45, 2.75) is 6.04 Å². The summed E-state index contributed by atoms with van der Waals surface area (Å²) in [7, 11) is 3.41. The summed E-state index contributed by atoms with van der Waals surface area (Å²) in [6, 6.07) is 5.29. The van der Waals surface area contributed by atoms with Crippen LogP contribution >= 0.6 is 0 Å². The number of anilines is 3. The molecule has 0 aliphatic carbocycles. The van der Waals surface area contributed by atoms with Crippen molar-refractivity contribution < 1.29 is 9.18 Å². The number of aromatic nitrogens is 2. The maximum Gasteiger partial charge on any atom is 0.254 e. The first-order valence-electron chi connectivity index (χ1n) is 6.37. The van der Waals surface area contributed by atoms with Gasteiger partial charge in [-0.3, -0.25) is 4.79 Å². The minimum Gasteiger partial charge on any atom is -0.368 e. The van der Waals surface area contributed by atoms with Crippen molar-refractivity contribution in [2.24, 2.45) is 0 Å². The molecule has 7 heteroatoms. The third-order valence-electron chi connectivity index (χ3n) is 3.60. The van der Waals surface area contributed by atoms with E-state index < -0.39 is 6.04 Å². The number of nitrogens with zero attached hydrogens (tertiary/aromatic N) is 4. The zero-order chi connectivity index (χ0) is 15.1. The summed E-state index contributed by atoms with van der Waals surface area (Å²) in [6.07, 6.45) is 1.52. The number of amides is 1. The fourth-order valence-electron chi connectivity index (χ4n) is 2.48. The zero-order valence-corrected chi connectivity index (χ0v) is 11.6. The quantitative estimate of drug-likeness (QED) is 0.857. The Bertz CT molecular complexity index is 703. The van der Waals surface area contributed by atoms with Crippen LogP contribution in [0.1, 0.15) is 11.6 Å². The number of benzene rings is 1. The monoisotopic (exact) mass is 287 g/mol. The molecule has 0 saturated heterocycles. The lowest BCUT2D eigenvalue weighted by Crippen LogP contribution is -2.45. The van der Waals surface area contributed by atoms with Crippen LogP contribution in [0.15, 0.2) is 30.5 Å². The van der Waals surface area contributed by atoms with Crippen LogP contribution < -0.4 is 15.5 Å². The van der Waals surface area contributed by atoms with Crippen molar-refractivity contribution in [3.8, 4) is 0 Å². The van der Waals surface area contributed by atoms with E-state index >= 15 is 0 Å². The Morgan fingerprint density at radius 2 is 1.90 bits per heavy atom. The van der Waals surface area contributed by atoms with E-state index in [1.807, 2.05) is 0 Å². The van der Waals surface area contributed by atoms with E-state index in [9.17, 15) is 9.18 Å². The number of hydrogen-bond acceptors (Lipinski definition) is 5. The second-order valence-corrected chi connectivity index (χ2v) is 4.90. The first-order chi connectivity index (χ1) is 9.99. The van der Waals surface area contributed by atoms with Gasteiger partial charge in [0.2, 0.25) is 5.95 Å². The molecular formula is C14H14FN5O. The largest absolute Gasteiger partial charge is 0.368 e. The van der Waals surface area contributed by atoms with E-state index in [0.717, 1.165) is 0 Å². The molecule has 0 bridgehead atoms. The molecule has 1 aliphatic heterocycles. The van der Waals surface area contributed by atoms with Gasteiger partial charge in [0.1, 0.15) is 17.5 Å². The van der Waals surface area contributed by atoms with Gasteiger partial charge in [-0.05, 0) is 17.7 Å². The summed E-state index contributed by atoms with van der Waals surface area (Å²) >= 11 is 0. The van der Waals surface area contributed by atoms with Crippen molar-refractivity contribution in [3.63, 3.8) is 0 Å². The van der Waals surface area contributed by atoms with Gasteiger partial charge in [-0.1, -0.05) is 12.1 Å². The van der Waals surface area contributed by atoms with Gasteiger partial charge >= 0.3 is 0 Å². The molecule has 3 rings (SSSR count). The smallest absolute Gasteiger partial charge is 0.254 e. The van der Waals surface area contributed by atoms with Gasteiger partial charge in [-0.15, -0.1) is 0 Å². The van der Waals surface area contributed by atoms with Gasteiger partial charge in [0.15, 0.2) is 5.82 Å². The Balaban J connectivity index is 2.11. The lowest BCUT2D eigenvalue weighted by atomic mass is 10.0. The number of carbonyl (C=O) groups excluding carboxylic acids is 1. The molecule has 1 unspecified atom stereocenters. The average Bonchev–Trinajstić information content (AvgIpc) is 2.47. The molecule has 1 aromatic carbocycles. The van der Waals surface area contributed by atoms with Crippen molar-refractivity contribution >= 4 is 23.4 Å². The highest BCUT2D eigenvalue weighted by Gasteiger charge is 2.37. The Morgan fingerprint density at radius 3 is 2.57 bits per heavy atom. The highest BCUT2D eigenvalue weighted by molar-refractivity contribution is 6.04. The van der Waals surface area contributed by atoms with E-state index in [1.165, 1.54) is 23.2 Å². The van der Waals surface area contributed by atoms with Crippen LogP contribution in [0.5, 0.6) is 0 Å². The predicted molar refractivity (Wildman–Crippen MR) is 77.4 cm³/mol. The van der Waals surface area contributed by atoms with Crippen LogP contribution in [0, 0.1) is 5.82 Å². The van der Waals surface area contributed by atoms with Crippen molar-refractivity contribution in [3.05, 3.63) is 41.8 Å². The molecule has 0 saturated carbocycles. The number of fused-ring (bicyclic) bond motifs is 1. The number of carbonyl (C=O) groups is 1. The molecule has 1 atom stereocenters. The first-order valence-corrected chi connectivity index (χ1v) is 6.37. The van der Waals surface area contributed by atoms with E-state index in [4.69, 9.17) is 5.73 Å². The fourth-order valence-corrected chi connectivity index (χ4v) is 2.48. The number of nitrogen functional groups attached to an aromatic ring is 1. The first kappa shape index (κ1) is 13.3. The summed E-state index contributed by atoms with van der Waals surface area (Å²) < 4.78 is 13.1. The van der Waals surface area contributed by atoms with Crippen LogP contribution in [0.4, 0.5) is 21.8 Å². The van der Waals surface area contributed by atoms with E-state index in [0.29, 0.717) is 17.1 Å². The fraction of sp³-hybridized carbons (Fsp3) is 0.214. The molecule has 21 heavy (non-hydrogen) atoms. The second kappa shape index (κ2) is 4.69. The molecular weight excluding hydrogens is 273 g/mol. The summed E-state index contributed by atoms with van der Waals surface area (Å²) in [6.45, 7) is 0. The molecule has 2 heterocycles. The van der Waals surface area contributed by atoms with Crippen LogP contribution in [0.25, 0.3) is 0 Å². The molecule has 1 aliphatic rings. The van der Waals surface area contributed by atoms with Crippen LogP contribution in [0.3, 0.4) is 0 Å². The lowest BCUT2D eigenvalue weighted by Gasteiger charge is -2.38. The summed E-state index contributed by atoms with van der Waals surface area (Å²) in [5.41, 5.74) is 6.91. The van der Waals surface area contributed by atoms with Gasteiger partial charge < -0.3 is 15.5 Å². The molecule has 1 amide bonds. The zero-order valence-electron chi connectivity index (χ0n) is 11.6. The topological polar surface area (TPSA) is 75.4 Å². The van der Waals surface area contributed by atoms with E-state index in [-0.39, 0.29) is 17.7 Å². The molecule has 6 nitrogen and oxygen atoms in total. The lowest BCUT2D eigenvalue weighted by molar-refractivity contribution is -0.120. The Kier molecular flexibility index (Phi) is 2.97. The summed E-state index contributed by atoms with van der Waals surface area (Å²) in [5.74, 6) is 0.232. The predicted octanol–water partition coefficient (Wildman–Crippen LogP) is 1.35. The number of rotatable bonds is 1. The summed E-state index contributed by atoms with van der Waals surface area (Å²) in [5, 5.41) is 0. The van der Waals surface area contributed by atoms with Crippen molar-refractivity contribution in [1.82, 2.24) is 9.97 Å². The minimum atomic E-state index is -0.572. The third kappa shape index (κ3) is 2.06. The van der Waals surface area contributed by atoms with Crippen molar-refractivity contribution in [2.75, 3.05) is 29.6 Å². The highest BCUT2D eigenvalue weighted by atomic mass is 19.1. The number of likely N-dealkylation sites (N-methyl/N-ethyl adjacent to an activating group) is 2. The normalized spacial score (nSPS) is 17.9. The Labute approximate surface area is 121 Å². The number of hydrogen-bond donors (Lipinski definition) is 1. The van der Waals surface area contributed by atoms with Crippen LogP contribution in [-0.2, 0) is 4.79 Å². The van der Waals surface area contributed by atoms with Gasteiger partial charge in [0, 0.05) is 14.1 Å². The SMILES string of the molecule is CN1C(=O)C(c2ccc(F)cc2)N(C)c2nc(N)ncc21. The van der Waals surface area contributed by atoms with Gasteiger partial charge in [0.05, 0.1) is 6.20 Å². The van der Waals surface area contributed by atoms with Gasteiger partial charge in [-0.2, -0.15) is 4.98 Å². The second-order valence-electron chi connectivity index (χ2n) is 4.90. The third-order valence-corrected chi connectivity index (χ3v) is 3.60. The van der Waals surface area contributed by atoms with Crippen LogP contribution in [-0.4, -0.2) is 30.0 Å². The summed E-state index contributed by atoms with van der Waals surface area (Å²) in [4.78, 5) is 23.9. The standard InChI is InChI=1S/C14H14FN5O/c1-19-10-7-17-14(16)18-12(10)20(2)11(13(19)21)8-3-5-9(15)6-4-8/h3-7,11H,1-2H3,(H2,16,17,18). The number of nitrogens with two attached hydrogens (primary N) is 1. The molecule has 1 aromatic heterocycles. The van der Waals surface area contributed by atoms with Gasteiger partial charge in [0.25, 0.3) is 5.91 Å². The molecule has 0 spiro atoms. The highest BCUT2D eigenvalue weighted by Crippen LogP contribution is 2.38. The van der Waals surface area contributed by atoms with Crippen molar-refractivity contribution in [1.29, 1.82) is 0 Å². The molecule has 2 aromatic rings. The molecule has 108 valence electrons.